The average Bonchev–Trinajstić information content (AvgIpc) is 2.86. The van der Waals surface area contributed by atoms with Crippen LogP contribution in [0.1, 0.15) is 36.7 Å². The number of ketones is 1. The number of nitrogens with zero attached hydrogens (tertiary/aromatic N) is 2. The Kier molecular flexibility index (Phi) is 3.04. The first kappa shape index (κ1) is 11.6. The number of hydrogen-bond donors (Lipinski definition) is 1. The number of rotatable bonds is 3. The second-order valence-electron chi connectivity index (χ2n) is 4.26. The van der Waals surface area contributed by atoms with Crippen molar-refractivity contribution in [3.63, 3.8) is 0 Å². The van der Waals surface area contributed by atoms with E-state index in [1.165, 1.54) is 6.20 Å². The van der Waals surface area contributed by atoms with Crippen LogP contribution in [0.3, 0.4) is 0 Å². The van der Waals surface area contributed by atoms with Gasteiger partial charge in [-0.1, -0.05) is 18.5 Å². The molecule has 1 aromatic rings. The fraction of sp³-hybridized carbons (Fsp3) is 0.636. The highest BCUT2D eigenvalue weighted by Crippen LogP contribution is 2.29. The van der Waals surface area contributed by atoms with Crippen LogP contribution in [-0.4, -0.2) is 27.6 Å². The molecular formula is C11H16ClN3O. The summed E-state index contributed by atoms with van der Waals surface area (Å²) in [5.74, 6) is 0.0671. The van der Waals surface area contributed by atoms with E-state index in [4.69, 9.17) is 11.6 Å². The molecule has 1 aliphatic heterocycles. The summed E-state index contributed by atoms with van der Waals surface area (Å²) in [6.45, 7) is 2.93. The summed E-state index contributed by atoms with van der Waals surface area (Å²) in [4.78, 5) is 12.5. The van der Waals surface area contributed by atoms with E-state index in [1.807, 2.05) is 6.92 Å². The molecule has 1 fully saturated rings. The van der Waals surface area contributed by atoms with Crippen LogP contribution < -0.4 is 5.32 Å². The van der Waals surface area contributed by atoms with Crippen LogP contribution in [0.2, 0.25) is 5.02 Å². The van der Waals surface area contributed by atoms with Crippen molar-refractivity contribution in [2.45, 2.75) is 31.7 Å². The Balaban J connectivity index is 2.38. The Bertz CT molecular complexity index is 388. The van der Waals surface area contributed by atoms with Gasteiger partial charge in [-0.3, -0.25) is 9.48 Å². The lowest BCUT2D eigenvalue weighted by atomic mass is 9.87. The zero-order valence-corrected chi connectivity index (χ0v) is 10.3. The monoisotopic (exact) mass is 241 g/mol. The number of aromatic nitrogens is 2. The normalized spacial score (nSPS) is 24.9. The molecule has 1 aliphatic rings. The first-order valence-electron chi connectivity index (χ1n) is 5.58. The third-order valence-electron chi connectivity index (χ3n) is 3.39. The molecule has 88 valence electrons. The van der Waals surface area contributed by atoms with Gasteiger partial charge in [-0.25, -0.2) is 0 Å². The van der Waals surface area contributed by atoms with Crippen LogP contribution in [0.25, 0.3) is 0 Å². The summed E-state index contributed by atoms with van der Waals surface area (Å²) in [5, 5.41) is 7.76. The van der Waals surface area contributed by atoms with Crippen molar-refractivity contribution in [3.05, 3.63) is 16.9 Å². The van der Waals surface area contributed by atoms with E-state index in [0.29, 0.717) is 10.7 Å². The predicted octanol–water partition coefficient (Wildman–Crippen LogP) is 1.79. The Hall–Kier alpha value is -0.870. The van der Waals surface area contributed by atoms with E-state index in [-0.39, 0.29) is 5.78 Å². The second-order valence-corrected chi connectivity index (χ2v) is 4.67. The van der Waals surface area contributed by atoms with E-state index >= 15 is 0 Å². The van der Waals surface area contributed by atoms with Gasteiger partial charge in [0, 0.05) is 7.05 Å². The molecule has 4 nitrogen and oxygen atoms in total. The average molecular weight is 242 g/mol. The minimum atomic E-state index is -0.433. The summed E-state index contributed by atoms with van der Waals surface area (Å²) in [6.07, 6.45) is 4.22. The van der Waals surface area contributed by atoms with Crippen molar-refractivity contribution in [2.24, 2.45) is 7.05 Å². The van der Waals surface area contributed by atoms with Crippen molar-refractivity contribution < 1.29 is 4.79 Å². The van der Waals surface area contributed by atoms with Gasteiger partial charge in [0.25, 0.3) is 0 Å². The maximum atomic E-state index is 12.5. The topological polar surface area (TPSA) is 46.9 Å². The van der Waals surface area contributed by atoms with Crippen molar-refractivity contribution in [1.29, 1.82) is 0 Å². The standard InChI is InChI=1S/C11H16ClN3O/c1-3-11(5-4-6-13-11)10(16)9-8(12)7-14-15(9)2/h7,13H,3-6H2,1-2H3. The van der Waals surface area contributed by atoms with Gasteiger partial charge >= 0.3 is 0 Å². The lowest BCUT2D eigenvalue weighted by molar-refractivity contribution is 0.0854. The molecule has 2 heterocycles. The highest BCUT2D eigenvalue weighted by molar-refractivity contribution is 6.34. The van der Waals surface area contributed by atoms with E-state index in [0.717, 1.165) is 25.8 Å². The third-order valence-corrected chi connectivity index (χ3v) is 3.67. The molecule has 2 rings (SSSR count). The molecule has 1 aromatic heterocycles. The van der Waals surface area contributed by atoms with Gasteiger partial charge in [0.1, 0.15) is 5.69 Å². The molecule has 1 N–H and O–H groups in total. The molecule has 0 saturated carbocycles. The fourth-order valence-electron chi connectivity index (χ4n) is 2.36. The summed E-state index contributed by atoms with van der Waals surface area (Å²) in [7, 11) is 1.75. The third kappa shape index (κ3) is 1.66. The number of Topliss-reactive ketones (excluding diaryl/α,β-unsaturated/α-hetero) is 1. The molecule has 16 heavy (non-hydrogen) atoms. The van der Waals surface area contributed by atoms with Crippen LogP contribution in [0, 0.1) is 0 Å². The number of hydrogen-bond acceptors (Lipinski definition) is 3. The van der Waals surface area contributed by atoms with Gasteiger partial charge in [0.15, 0.2) is 0 Å². The summed E-state index contributed by atoms with van der Waals surface area (Å²) in [6, 6.07) is 0. The molecule has 0 bridgehead atoms. The van der Waals surface area contributed by atoms with Gasteiger partial charge in [-0.15, -0.1) is 0 Å². The van der Waals surface area contributed by atoms with Crippen LogP contribution in [0.5, 0.6) is 0 Å². The van der Waals surface area contributed by atoms with Crippen molar-refractivity contribution in [1.82, 2.24) is 15.1 Å². The largest absolute Gasteiger partial charge is 0.305 e. The highest BCUT2D eigenvalue weighted by Gasteiger charge is 2.41. The van der Waals surface area contributed by atoms with Gasteiger partial charge in [0.05, 0.1) is 16.8 Å². The first-order chi connectivity index (χ1) is 7.60. The van der Waals surface area contributed by atoms with Crippen LogP contribution in [0.4, 0.5) is 0 Å². The molecular weight excluding hydrogens is 226 g/mol. The van der Waals surface area contributed by atoms with E-state index in [1.54, 1.807) is 11.7 Å². The minimum Gasteiger partial charge on any atom is -0.305 e. The molecule has 0 aliphatic carbocycles. The highest BCUT2D eigenvalue weighted by atomic mass is 35.5. The van der Waals surface area contributed by atoms with Gasteiger partial charge in [0.2, 0.25) is 5.78 Å². The molecule has 0 aromatic carbocycles. The molecule has 5 heteroatoms. The number of halogens is 1. The van der Waals surface area contributed by atoms with Crippen molar-refractivity contribution >= 4 is 17.4 Å². The Labute approximate surface area is 100.0 Å². The quantitative estimate of drug-likeness (QED) is 0.821. The van der Waals surface area contributed by atoms with Crippen molar-refractivity contribution in [2.75, 3.05) is 6.54 Å². The zero-order chi connectivity index (χ0) is 11.8. The van der Waals surface area contributed by atoms with Crippen LogP contribution in [-0.2, 0) is 7.05 Å². The zero-order valence-electron chi connectivity index (χ0n) is 9.59. The molecule has 1 atom stereocenters. The van der Waals surface area contributed by atoms with Crippen LogP contribution in [0.15, 0.2) is 6.20 Å². The number of nitrogens with one attached hydrogen (secondary N) is 1. The van der Waals surface area contributed by atoms with Crippen molar-refractivity contribution in [3.8, 4) is 0 Å². The Morgan fingerprint density at radius 3 is 2.94 bits per heavy atom. The molecule has 0 radical (unpaired) electrons. The van der Waals surface area contributed by atoms with Gasteiger partial charge in [-0.05, 0) is 25.8 Å². The minimum absolute atomic E-state index is 0.0671. The SMILES string of the molecule is CCC1(C(=O)c2c(Cl)cnn2C)CCCN1. The molecule has 1 saturated heterocycles. The van der Waals surface area contributed by atoms with E-state index in [2.05, 4.69) is 10.4 Å². The molecule has 0 amide bonds. The summed E-state index contributed by atoms with van der Waals surface area (Å²) < 4.78 is 1.56. The Morgan fingerprint density at radius 1 is 1.75 bits per heavy atom. The summed E-state index contributed by atoms with van der Waals surface area (Å²) in [5.41, 5.74) is 0.0789. The molecule has 1 unspecified atom stereocenters. The maximum Gasteiger partial charge on any atom is 0.202 e. The summed E-state index contributed by atoms with van der Waals surface area (Å²) >= 11 is 6.01. The van der Waals surface area contributed by atoms with Gasteiger partial charge in [-0.2, -0.15) is 5.10 Å². The first-order valence-corrected chi connectivity index (χ1v) is 5.96. The maximum absolute atomic E-state index is 12.5. The van der Waals surface area contributed by atoms with Crippen LogP contribution >= 0.6 is 11.6 Å². The fourth-order valence-corrected chi connectivity index (χ4v) is 2.61. The number of aryl methyl sites for hydroxylation is 1. The Morgan fingerprint density at radius 2 is 2.50 bits per heavy atom. The predicted molar refractivity (Wildman–Crippen MR) is 62.8 cm³/mol. The number of carbonyl (C=O) groups is 1. The second kappa shape index (κ2) is 4.18. The lowest BCUT2D eigenvalue weighted by Crippen LogP contribution is -2.47. The number of carbonyl (C=O) groups excluding carboxylic acids is 1. The van der Waals surface area contributed by atoms with E-state index in [9.17, 15) is 4.79 Å². The smallest absolute Gasteiger partial charge is 0.202 e. The van der Waals surface area contributed by atoms with E-state index < -0.39 is 5.54 Å². The molecule has 0 spiro atoms. The lowest BCUT2D eigenvalue weighted by Gasteiger charge is -2.26. The van der Waals surface area contributed by atoms with Gasteiger partial charge < -0.3 is 5.32 Å².